The number of amides is 1. The van der Waals surface area contributed by atoms with Crippen LogP contribution in [0.1, 0.15) is 40.0 Å². The lowest BCUT2D eigenvalue weighted by atomic mass is 9.90. The molecule has 5 rings (SSSR count). The first-order valence-corrected chi connectivity index (χ1v) is 11.1. The van der Waals surface area contributed by atoms with Crippen molar-refractivity contribution in [2.75, 3.05) is 26.2 Å². The van der Waals surface area contributed by atoms with Gasteiger partial charge in [0.15, 0.2) is 4.96 Å². The predicted molar refractivity (Wildman–Crippen MR) is 114 cm³/mol. The van der Waals surface area contributed by atoms with E-state index in [0.717, 1.165) is 42.1 Å². The van der Waals surface area contributed by atoms with Gasteiger partial charge in [0.25, 0.3) is 11.5 Å². The van der Waals surface area contributed by atoms with E-state index < -0.39 is 0 Å². The highest BCUT2D eigenvalue weighted by Crippen LogP contribution is 2.23. The lowest BCUT2D eigenvalue weighted by Gasteiger charge is -2.34. The molecule has 0 atom stereocenters. The van der Waals surface area contributed by atoms with E-state index in [9.17, 15) is 9.59 Å². The second kappa shape index (κ2) is 7.72. The van der Waals surface area contributed by atoms with Crippen LogP contribution in [0.4, 0.5) is 0 Å². The van der Waals surface area contributed by atoms with Crippen LogP contribution in [0.3, 0.4) is 0 Å². The smallest absolute Gasteiger partial charge is 0.258 e. The topological polar surface area (TPSA) is 57.9 Å². The Balaban J connectivity index is 1.23. The van der Waals surface area contributed by atoms with Crippen molar-refractivity contribution < 1.29 is 4.79 Å². The molecule has 3 heterocycles. The van der Waals surface area contributed by atoms with E-state index in [2.05, 4.69) is 22.0 Å². The Kier molecular flexibility index (Phi) is 4.93. The van der Waals surface area contributed by atoms with E-state index in [0.29, 0.717) is 19.6 Å². The van der Waals surface area contributed by atoms with Gasteiger partial charge >= 0.3 is 0 Å². The van der Waals surface area contributed by atoms with Crippen molar-refractivity contribution in [1.29, 1.82) is 0 Å². The van der Waals surface area contributed by atoms with Gasteiger partial charge in [0.2, 0.25) is 0 Å². The molecule has 0 spiro atoms. The van der Waals surface area contributed by atoms with Crippen molar-refractivity contribution in [3.8, 4) is 0 Å². The van der Waals surface area contributed by atoms with Crippen molar-refractivity contribution in [3.63, 3.8) is 0 Å². The molecule has 6 nitrogen and oxygen atoms in total. The van der Waals surface area contributed by atoms with Crippen LogP contribution in [0.25, 0.3) is 4.96 Å². The number of rotatable bonds is 3. The van der Waals surface area contributed by atoms with E-state index in [4.69, 9.17) is 0 Å². The minimum atomic E-state index is -0.0347. The Morgan fingerprint density at radius 3 is 2.66 bits per heavy atom. The fourth-order valence-corrected chi connectivity index (χ4v) is 5.09. The summed E-state index contributed by atoms with van der Waals surface area (Å²) in [6.07, 6.45) is 6.45. The Labute approximate surface area is 173 Å². The van der Waals surface area contributed by atoms with Gasteiger partial charge in [-0.2, -0.15) is 0 Å². The van der Waals surface area contributed by atoms with Crippen LogP contribution in [0, 0.1) is 0 Å². The van der Waals surface area contributed by atoms with Gasteiger partial charge in [-0.3, -0.25) is 18.9 Å². The number of nitrogens with zero attached hydrogens (tertiary/aromatic N) is 4. The average molecular weight is 409 g/mol. The first-order valence-electron chi connectivity index (χ1n) is 10.3. The molecular weight excluding hydrogens is 384 g/mol. The number of thiazole rings is 1. The first-order chi connectivity index (χ1) is 14.2. The standard InChI is InChI=1S/C22H24N4O2S/c27-20-14-19(23-22-26(20)11-12-29-22)15-24-7-9-25(10-8-24)21(28)18-6-5-16-3-1-2-4-17(16)13-18/h5-6,11-14H,1-4,7-10,15H2. The molecule has 1 fully saturated rings. The summed E-state index contributed by atoms with van der Waals surface area (Å²) in [5.74, 6) is 0.134. The Morgan fingerprint density at radius 1 is 1.03 bits per heavy atom. The summed E-state index contributed by atoms with van der Waals surface area (Å²) in [5.41, 5.74) is 4.34. The molecule has 0 radical (unpaired) electrons. The van der Waals surface area contributed by atoms with Crippen LogP contribution < -0.4 is 5.56 Å². The highest BCUT2D eigenvalue weighted by atomic mass is 32.1. The van der Waals surface area contributed by atoms with E-state index in [-0.39, 0.29) is 11.5 Å². The second-order valence-electron chi connectivity index (χ2n) is 7.90. The molecule has 1 aromatic carbocycles. The molecule has 1 amide bonds. The molecule has 3 aromatic rings. The van der Waals surface area contributed by atoms with Gasteiger partial charge in [0, 0.05) is 55.9 Å². The summed E-state index contributed by atoms with van der Waals surface area (Å²) < 4.78 is 1.57. The summed E-state index contributed by atoms with van der Waals surface area (Å²) >= 11 is 1.47. The Bertz CT molecular complexity index is 1110. The minimum absolute atomic E-state index is 0.0347. The predicted octanol–water partition coefficient (Wildman–Crippen LogP) is 2.59. The van der Waals surface area contributed by atoms with Crippen molar-refractivity contribution in [2.24, 2.45) is 0 Å². The number of carbonyl (C=O) groups is 1. The van der Waals surface area contributed by atoms with E-state index >= 15 is 0 Å². The molecule has 0 saturated carbocycles. The molecule has 1 aliphatic heterocycles. The minimum Gasteiger partial charge on any atom is -0.336 e. The first kappa shape index (κ1) is 18.5. The molecule has 150 valence electrons. The van der Waals surface area contributed by atoms with Gasteiger partial charge in [0.1, 0.15) is 0 Å². The van der Waals surface area contributed by atoms with Gasteiger partial charge in [-0.05, 0) is 48.9 Å². The molecule has 0 bridgehead atoms. The van der Waals surface area contributed by atoms with Crippen molar-refractivity contribution >= 4 is 22.2 Å². The fraction of sp³-hybridized carbons (Fsp3) is 0.409. The number of piperazine rings is 1. The number of carbonyl (C=O) groups excluding carboxylic acids is 1. The van der Waals surface area contributed by atoms with Gasteiger partial charge in [-0.25, -0.2) is 4.98 Å². The SMILES string of the molecule is O=C(c1ccc2c(c1)CCCC2)N1CCN(Cc2cc(=O)n3ccsc3n2)CC1. The third-order valence-electron chi connectivity index (χ3n) is 6.00. The average Bonchev–Trinajstić information content (AvgIpc) is 3.23. The van der Waals surface area contributed by atoms with Crippen molar-refractivity contribution in [2.45, 2.75) is 32.2 Å². The highest BCUT2D eigenvalue weighted by molar-refractivity contribution is 7.15. The largest absolute Gasteiger partial charge is 0.336 e. The van der Waals surface area contributed by atoms with E-state index in [1.807, 2.05) is 16.3 Å². The quantitative estimate of drug-likeness (QED) is 0.669. The van der Waals surface area contributed by atoms with Crippen LogP contribution in [0.15, 0.2) is 40.6 Å². The zero-order valence-corrected chi connectivity index (χ0v) is 17.2. The Morgan fingerprint density at radius 2 is 1.83 bits per heavy atom. The second-order valence-corrected chi connectivity index (χ2v) is 8.77. The molecule has 2 aliphatic rings. The van der Waals surface area contributed by atoms with Gasteiger partial charge in [-0.15, -0.1) is 11.3 Å². The van der Waals surface area contributed by atoms with E-state index in [1.54, 1.807) is 16.7 Å². The number of aryl methyl sites for hydroxylation is 2. The molecule has 2 aromatic heterocycles. The molecule has 0 N–H and O–H groups in total. The molecule has 1 aliphatic carbocycles. The Hall–Kier alpha value is -2.51. The number of hydrogen-bond acceptors (Lipinski definition) is 5. The molecule has 0 unspecified atom stereocenters. The van der Waals surface area contributed by atoms with Gasteiger partial charge < -0.3 is 4.90 Å². The maximum absolute atomic E-state index is 13.0. The van der Waals surface area contributed by atoms with Gasteiger partial charge in [0.05, 0.1) is 5.69 Å². The summed E-state index contributed by atoms with van der Waals surface area (Å²) in [6.45, 7) is 3.64. The van der Waals surface area contributed by atoms with Crippen LogP contribution in [0.2, 0.25) is 0 Å². The lowest BCUT2D eigenvalue weighted by Crippen LogP contribution is -2.48. The number of fused-ring (bicyclic) bond motifs is 2. The fourth-order valence-electron chi connectivity index (χ4n) is 4.36. The zero-order chi connectivity index (χ0) is 19.8. The monoisotopic (exact) mass is 408 g/mol. The molecule has 7 heteroatoms. The van der Waals surface area contributed by atoms with Crippen LogP contribution in [-0.2, 0) is 19.4 Å². The summed E-state index contributed by atoms with van der Waals surface area (Å²) in [6, 6.07) is 7.86. The van der Waals surface area contributed by atoms with Crippen LogP contribution in [0.5, 0.6) is 0 Å². The maximum atomic E-state index is 13.0. The molecule has 29 heavy (non-hydrogen) atoms. The number of hydrogen-bond donors (Lipinski definition) is 0. The summed E-state index contributed by atoms with van der Waals surface area (Å²) in [5, 5.41) is 1.87. The third-order valence-corrected chi connectivity index (χ3v) is 6.75. The van der Waals surface area contributed by atoms with Crippen molar-refractivity contribution in [3.05, 3.63) is 68.6 Å². The number of benzene rings is 1. The highest BCUT2D eigenvalue weighted by Gasteiger charge is 2.23. The van der Waals surface area contributed by atoms with Crippen LogP contribution >= 0.6 is 11.3 Å². The lowest BCUT2D eigenvalue weighted by molar-refractivity contribution is 0.0627. The normalized spacial score (nSPS) is 17.4. The molecular formula is C22H24N4O2S. The zero-order valence-electron chi connectivity index (χ0n) is 16.3. The van der Waals surface area contributed by atoms with E-state index in [1.165, 1.54) is 35.3 Å². The third kappa shape index (κ3) is 3.72. The van der Waals surface area contributed by atoms with Crippen LogP contribution in [-0.4, -0.2) is 51.3 Å². The van der Waals surface area contributed by atoms with Gasteiger partial charge in [-0.1, -0.05) is 6.07 Å². The summed E-state index contributed by atoms with van der Waals surface area (Å²) in [4.78, 5) is 34.7. The molecule has 1 saturated heterocycles. The van der Waals surface area contributed by atoms with Crippen molar-refractivity contribution in [1.82, 2.24) is 19.2 Å². The summed E-state index contributed by atoms with van der Waals surface area (Å²) in [7, 11) is 0. The maximum Gasteiger partial charge on any atom is 0.258 e. The number of aromatic nitrogens is 2.